The van der Waals surface area contributed by atoms with Crippen molar-refractivity contribution in [3.63, 3.8) is 0 Å². The summed E-state index contributed by atoms with van der Waals surface area (Å²) >= 11 is 0. The molecule has 0 heterocycles. The third-order valence-corrected chi connectivity index (χ3v) is 5.92. The van der Waals surface area contributed by atoms with Crippen molar-refractivity contribution in [3.05, 3.63) is 72.8 Å². The molecule has 0 amide bonds. The van der Waals surface area contributed by atoms with Crippen molar-refractivity contribution in [2.24, 2.45) is 0 Å². The Kier molecular flexibility index (Phi) is 1.67. The lowest BCUT2D eigenvalue weighted by Gasteiger charge is -2.22. The molecule has 7 aromatic carbocycles. The van der Waals surface area contributed by atoms with Crippen LogP contribution < -0.4 is 0 Å². The first-order chi connectivity index (χ1) is 11.9. The van der Waals surface area contributed by atoms with Crippen LogP contribution in [0.2, 0.25) is 0 Å². The molecule has 0 aliphatic carbocycles. The first kappa shape index (κ1) is 11.4. The largest absolute Gasteiger partial charge is 0.0616 e. The van der Waals surface area contributed by atoms with Crippen LogP contribution in [-0.2, 0) is 0 Å². The van der Waals surface area contributed by atoms with Crippen LogP contribution in [0.5, 0.6) is 0 Å². The summed E-state index contributed by atoms with van der Waals surface area (Å²) in [7, 11) is 0. The molecule has 0 bridgehead atoms. The third kappa shape index (κ3) is 1.05. The summed E-state index contributed by atoms with van der Waals surface area (Å²) < 4.78 is 0. The molecule has 7 aromatic rings. The lowest BCUT2D eigenvalue weighted by molar-refractivity contribution is 1.80. The number of rotatable bonds is 0. The molecule has 0 unspecified atom stereocenters. The SMILES string of the molecule is c1ccc2c(c1)c1cc3c4ccc5c6ccccc6c5c4c3cc21. The maximum atomic E-state index is 2.41. The maximum absolute atomic E-state index is 2.41. The summed E-state index contributed by atoms with van der Waals surface area (Å²) in [5, 5.41) is 17.1. The Balaban J connectivity index is 1.70. The normalized spacial score (nSPS) is 13.0. The van der Waals surface area contributed by atoms with Crippen LogP contribution in [0.15, 0.2) is 72.8 Å². The van der Waals surface area contributed by atoms with Crippen LogP contribution in [0, 0.1) is 0 Å². The van der Waals surface area contributed by atoms with Gasteiger partial charge in [0.05, 0.1) is 0 Å². The molecule has 24 heavy (non-hydrogen) atoms. The molecular weight excluding hydrogens is 288 g/mol. The van der Waals surface area contributed by atoms with E-state index in [-0.39, 0.29) is 0 Å². The van der Waals surface area contributed by atoms with E-state index in [0.717, 1.165) is 0 Å². The molecule has 0 N–H and O–H groups in total. The summed E-state index contributed by atoms with van der Waals surface area (Å²) in [6.45, 7) is 0. The summed E-state index contributed by atoms with van der Waals surface area (Å²) in [4.78, 5) is 0. The van der Waals surface area contributed by atoms with Crippen LogP contribution in [0.1, 0.15) is 0 Å². The zero-order chi connectivity index (χ0) is 15.4. The maximum Gasteiger partial charge on any atom is -0.00137 e. The van der Waals surface area contributed by atoms with Gasteiger partial charge in [-0.05, 0) is 76.8 Å². The fourth-order valence-electron chi connectivity index (χ4n) is 4.79. The summed E-state index contributed by atoms with van der Waals surface area (Å²) in [5.74, 6) is 0. The van der Waals surface area contributed by atoms with Gasteiger partial charge in [-0.2, -0.15) is 0 Å². The van der Waals surface area contributed by atoms with Crippen molar-refractivity contribution >= 4 is 64.6 Å². The van der Waals surface area contributed by atoms with Gasteiger partial charge in [-0.1, -0.05) is 60.7 Å². The number of fused-ring (bicyclic) bond motifs is 13. The molecule has 0 nitrogen and oxygen atoms in total. The zero-order valence-corrected chi connectivity index (χ0v) is 12.9. The Hall–Kier alpha value is -3.12. The second-order valence-corrected chi connectivity index (χ2v) is 6.95. The number of hydrogen-bond donors (Lipinski definition) is 0. The number of hydrogen-bond acceptors (Lipinski definition) is 0. The van der Waals surface area contributed by atoms with Crippen molar-refractivity contribution in [2.45, 2.75) is 0 Å². The highest BCUT2D eigenvalue weighted by atomic mass is 14.2. The molecule has 0 spiro atoms. The molecule has 0 saturated carbocycles. The zero-order valence-electron chi connectivity index (χ0n) is 12.9. The van der Waals surface area contributed by atoms with E-state index in [0.29, 0.717) is 0 Å². The minimum atomic E-state index is 1.40. The second kappa shape index (κ2) is 3.52. The Morgan fingerprint density at radius 1 is 0.292 bits per heavy atom. The quantitative estimate of drug-likeness (QED) is 0.285. The van der Waals surface area contributed by atoms with Gasteiger partial charge in [-0.3, -0.25) is 0 Å². The Bertz CT molecular complexity index is 1510. The van der Waals surface area contributed by atoms with E-state index >= 15 is 0 Å². The smallest absolute Gasteiger partial charge is 0.00137 e. The summed E-state index contributed by atoms with van der Waals surface area (Å²) in [5.41, 5.74) is 0. The van der Waals surface area contributed by atoms with Gasteiger partial charge in [-0.25, -0.2) is 0 Å². The van der Waals surface area contributed by atoms with Gasteiger partial charge in [0.1, 0.15) is 0 Å². The van der Waals surface area contributed by atoms with E-state index in [1.54, 1.807) is 0 Å². The molecule has 0 radical (unpaired) electrons. The van der Waals surface area contributed by atoms with Crippen molar-refractivity contribution in [2.75, 3.05) is 0 Å². The summed E-state index contributed by atoms with van der Waals surface area (Å²) in [6.07, 6.45) is 0. The highest BCUT2D eigenvalue weighted by Crippen LogP contribution is 2.49. The molecule has 0 heteroatoms. The van der Waals surface area contributed by atoms with Crippen LogP contribution in [0.3, 0.4) is 0 Å². The Morgan fingerprint density at radius 2 is 0.667 bits per heavy atom. The minimum absolute atomic E-state index is 1.40. The average Bonchev–Trinajstić information content (AvgIpc) is 2.61. The van der Waals surface area contributed by atoms with E-state index < -0.39 is 0 Å². The Labute approximate surface area is 137 Å². The van der Waals surface area contributed by atoms with Gasteiger partial charge in [0, 0.05) is 0 Å². The average molecular weight is 300 g/mol. The highest BCUT2D eigenvalue weighted by Gasteiger charge is 2.20. The minimum Gasteiger partial charge on any atom is -0.0616 e. The van der Waals surface area contributed by atoms with Crippen LogP contribution in [0.25, 0.3) is 64.6 Å². The van der Waals surface area contributed by atoms with Gasteiger partial charge < -0.3 is 0 Å². The first-order valence-electron chi connectivity index (χ1n) is 8.47. The molecule has 0 aliphatic heterocycles. The lowest BCUT2D eigenvalue weighted by atomic mass is 9.81. The van der Waals surface area contributed by atoms with Gasteiger partial charge in [0.2, 0.25) is 0 Å². The van der Waals surface area contributed by atoms with E-state index in [1.807, 2.05) is 0 Å². The van der Waals surface area contributed by atoms with Gasteiger partial charge in [0.25, 0.3) is 0 Å². The van der Waals surface area contributed by atoms with Crippen LogP contribution >= 0.6 is 0 Å². The first-order valence-corrected chi connectivity index (χ1v) is 8.47. The van der Waals surface area contributed by atoms with E-state index in [2.05, 4.69) is 72.8 Å². The van der Waals surface area contributed by atoms with E-state index in [1.165, 1.54) is 64.6 Å². The molecule has 0 atom stereocenters. The molecule has 0 saturated heterocycles. The fraction of sp³-hybridized carbons (Fsp3) is 0. The topological polar surface area (TPSA) is 0 Å². The van der Waals surface area contributed by atoms with Crippen LogP contribution in [0.4, 0.5) is 0 Å². The number of benzene rings is 4. The lowest BCUT2D eigenvalue weighted by Crippen LogP contribution is -1.93. The molecule has 7 rings (SSSR count). The van der Waals surface area contributed by atoms with E-state index in [9.17, 15) is 0 Å². The van der Waals surface area contributed by atoms with Crippen molar-refractivity contribution in [3.8, 4) is 0 Å². The monoisotopic (exact) mass is 300 g/mol. The second-order valence-electron chi connectivity index (χ2n) is 6.95. The molecule has 0 fully saturated rings. The highest BCUT2D eigenvalue weighted by molar-refractivity contribution is 6.44. The van der Waals surface area contributed by atoms with Crippen molar-refractivity contribution < 1.29 is 0 Å². The van der Waals surface area contributed by atoms with Gasteiger partial charge in [0.15, 0.2) is 0 Å². The fourth-order valence-corrected chi connectivity index (χ4v) is 4.79. The predicted molar refractivity (Wildman–Crippen MR) is 105 cm³/mol. The van der Waals surface area contributed by atoms with Crippen LogP contribution in [-0.4, -0.2) is 0 Å². The van der Waals surface area contributed by atoms with Crippen molar-refractivity contribution in [1.82, 2.24) is 0 Å². The molecule has 0 aliphatic rings. The predicted octanol–water partition coefficient (Wildman–Crippen LogP) is 6.92. The Morgan fingerprint density at radius 3 is 1.33 bits per heavy atom. The van der Waals surface area contributed by atoms with Gasteiger partial charge in [-0.15, -0.1) is 0 Å². The molecule has 108 valence electrons. The molecule has 0 aromatic heterocycles. The summed E-state index contributed by atoms with van der Waals surface area (Å²) in [6, 6.07) is 26.9. The van der Waals surface area contributed by atoms with Crippen molar-refractivity contribution in [1.29, 1.82) is 0 Å². The third-order valence-electron chi connectivity index (χ3n) is 5.92. The van der Waals surface area contributed by atoms with E-state index in [4.69, 9.17) is 0 Å². The standard InChI is InChI=1S/C24H12/c1-2-6-14-13(5-1)19-11-21-18-10-9-17-15-7-3-4-8-16(15)23(17)24(18)22(21)12-20(14)19/h1-12H. The van der Waals surface area contributed by atoms with Gasteiger partial charge >= 0.3 is 0 Å². The molecular formula is C24H12.